The van der Waals surface area contributed by atoms with Gasteiger partial charge in [-0.1, -0.05) is 23.7 Å². The molecule has 2 rings (SSSR count). The van der Waals surface area contributed by atoms with Gasteiger partial charge in [0.1, 0.15) is 0 Å². The smallest absolute Gasteiger partial charge is 0.400 e. The monoisotopic (exact) mass is 413 g/mol. The quantitative estimate of drug-likeness (QED) is 0.749. The first-order valence-corrected chi connectivity index (χ1v) is 8.94. The van der Waals surface area contributed by atoms with E-state index in [0.717, 1.165) is 15.5 Å². The van der Waals surface area contributed by atoms with Crippen molar-refractivity contribution in [1.29, 1.82) is 0 Å². The van der Waals surface area contributed by atoms with Crippen LogP contribution in [0.3, 0.4) is 0 Å². The molecule has 1 N–H and O–H groups in total. The fourth-order valence-electron chi connectivity index (χ4n) is 2.24. The first-order valence-electron chi connectivity index (χ1n) is 7.77. The van der Waals surface area contributed by atoms with Crippen LogP contribution in [0.2, 0.25) is 5.02 Å². The molecule has 0 saturated carbocycles. The van der Waals surface area contributed by atoms with Crippen molar-refractivity contribution < 1.29 is 14.1 Å². The average molecular weight is 415 g/mol. The molecule has 0 atom stereocenters. The Kier molecular flexibility index (Phi) is 5.85. The number of hydrogen-bond donors (Lipinski definition) is 1. The third-order valence-electron chi connectivity index (χ3n) is 4.39. The van der Waals surface area contributed by atoms with E-state index in [2.05, 4.69) is 21.2 Å². The Balaban J connectivity index is 2.33. The molecule has 4 nitrogen and oxygen atoms in total. The minimum atomic E-state index is -0.524. The van der Waals surface area contributed by atoms with Crippen molar-refractivity contribution in [2.45, 2.75) is 45.8 Å². The molecule has 1 aromatic rings. The largest absolute Gasteiger partial charge is 0.492 e. The molecule has 1 aliphatic rings. The Bertz CT molecular complexity index is 660. The van der Waals surface area contributed by atoms with Crippen molar-refractivity contribution in [1.82, 2.24) is 5.32 Å². The molecule has 1 aliphatic heterocycles. The summed E-state index contributed by atoms with van der Waals surface area (Å²) >= 11 is 9.55. The van der Waals surface area contributed by atoms with Gasteiger partial charge in [0.15, 0.2) is 0 Å². The number of hydrogen-bond acceptors (Lipinski definition) is 3. The van der Waals surface area contributed by atoms with Crippen molar-refractivity contribution in [2.24, 2.45) is 0 Å². The lowest BCUT2D eigenvalue weighted by molar-refractivity contribution is -0.118. The molecule has 1 fully saturated rings. The van der Waals surface area contributed by atoms with Crippen LogP contribution in [0, 0.1) is 0 Å². The SMILES string of the molecule is CC(=O)NCC(=Cc1ccc(Br)c(Cl)c1)B1OC(C)(C)C(C)(C)O1. The highest BCUT2D eigenvalue weighted by Gasteiger charge is 2.52. The Morgan fingerprint density at radius 3 is 2.38 bits per heavy atom. The summed E-state index contributed by atoms with van der Waals surface area (Å²) in [5, 5.41) is 3.44. The van der Waals surface area contributed by atoms with E-state index in [1.54, 1.807) is 0 Å². The summed E-state index contributed by atoms with van der Waals surface area (Å²) in [5.41, 5.74) is 0.870. The Morgan fingerprint density at radius 2 is 1.88 bits per heavy atom. The second-order valence-corrected chi connectivity index (χ2v) is 8.15. The van der Waals surface area contributed by atoms with E-state index >= 15 is 0 Å². The highest BCUT2D eigenvalue weighted by atomic mass is 79.9. The maximum atomic E-state index is 11.3. The maximum absolute atomic E-state index is 11.3. The fraction of sp³-hybridized carbons (Fsp3) is 0.471. The van der Waals surface area contributed by atoms with Crippen LogP contribution in [-0.2, 0) is 14.1 Å². The van der Waals surface area contributed by atoms with Crippen molar-refractivity contribution in [3.05, 3.63) is 38.7 Å². The highest BCUT2D eigenvalue weighted by molar-refractivity contribution is 9.10. The number of carbonyl (C=O) groups excluding carboxylic acids is 1. The van der Waals surface area contributed by atoms with Crippen molar-refractivity contribution >= 4 is 46.6 Å². The minimum absolute atomic E-state index is 0.105. The van der Waals surface area contributed by atoms with Crippen LogP contribution in [0.25, 0.3) is 6.08 Å². The van der Waals surface area contributed by atoms with Gasteiger partial charge in [-0.15, -0.1) is 0 Å². The van der Waals surface area contributed by atoms with E-state index in [4.69, 9.17) is 20.9 Å². The summed E-state index contributed by atoms with van der Waals surface area (Å²) in [5.74, 6) is -0.105. The summed E-state index contributed by atoms with van der Waals surface area (Å²) in [6.07, 6.45) is 1.94. The number of halogens is 2. The second-order valence-electron chi connectivity index (χ2n) is 6.89. The molecule has 0 aliphatic carbocycles. The molecule has 0 spiro atoms. The third kappa shape index (κ3) is 4.42. The number of rotatable bonds is 4. The maximum Gasteiger partial charge on any atom is 0.492 e. The van der Waals surface area contributed by atoms with E-state index in [9.17, 15) is 4.79 Å². The van der Waals surface area contributed by atoms with Crippen molar-refractivity contribution in [2.75, 3.05) is 6.54 Å². The van der Waals surface area contributed by atoms with Gasteiger partial charge in [0.2, 0.25) is 5.91 Å². The molecule has 0 bridgehead atoms. The fourth-order valence-corrected chi connectivity index (χ4v) is 2.68. The van der Waals surface area contributed by atoms with Crippen LogP contribution in [-0.4, -0.2) is 30.8 Å². The van der Waals surface area contributed by atoms with Crippen LogP contribution in [0.4, 0.5) is 0 Å². The zero-order chi connectivity index (χ0) is 18.1. The van der Waals surface area contributed by atoms with Gasteiger partial charge in [0.05, 0.1) is 16.2 Å². The van der Waals surface area contributed by atoms with Crippen molar-refractivity contribution in [3.8, 4) is 0 Å². The van der Waals surface area contributed by atoms with Gasteiger partial charge in [-0.2, -0.15) is 0 Å². The normalized spacial score (nSPS) is 19.5. The molecule has 1 heterocycles. The number of nitrogens with one attached hydrogen (secondary N) is 1. The predicted molar refractivity (Wildman–Crippen MR) is 102 cm³/mol. The summed E-state index contributed by atoms with van der Waals surface area (Å²) in [7, 11) is -0.524. The first-order chi connectivity index (χ1) is 11.0. The summed E-state index contributed by atoms with van der Waals surface area (Å²) in [4.78, 5) is 11.3. The lowest BCUT2D eigenvalue weighted by Crippen LogP contribution is -2.41. The van der Waals surface area contributed by atoms with Gasteiger partial charge >= 0.3 is 7.12 Å². The zero-order valence-electron chi connectivity index (χ0n) is 14.6. The second kappa shape index (κ2) is 7.20. The lowest BCUT2D eigenvalue weighted by Gasteiger charge is -2.32. The topological polar surface area (TPSA) is 47.6 Å². The molecule has 1 saturated heterocycles. The van der Waals surface area contributed by atoms with Gasteiger partial charge in [0.25, 0.3) is 0 Å². The molecule has 130 valence electrons. The number of amides is 1. The molecule has 1 amide bonds. The van der Waals surface area contributed by atoms with Gasteiger partial charge in [-0.05, 0) is 66.8 Å². The van der Waals surface area contributed by atoms with Crippen molar-refractivity contribution in [3.63, 3.8) is 0 Å². The van der Waals surface area contributed by atoms with E-state index in [1.165, 1.54) is 6.92 Å². The molecule has 1 aromatic carbocycles. The first kappa shape index (κ1) is 19.5. The van der Waals surface area contributed by atoms with Crippen LogP contribution < -0.4 is 5.32 Å². The molecule has 24 heavy (non-hydrogen) atoms. The Morgan fingerprint density at radius 1 is 1.29 bits per heavy atom. The third-order valence-corrected chi connectivity index (χ3v) is 5.63. The number of benzene rings is 1. The van der Waals surface area contributed by atoms with Gasteiger partial charge < -0.3 is 14.6 Å². The predicted octanol–water partition coefficient (Wildman–Crippen LogP) is 4.25. The van der Waals surface area contributed by atoms with E-state index in [0.29, 0.717) is 11.6 Å². The van der Waals surface area contributed by atoms with E-state index < -0.39 is 18.3 Å². The molecule has 0 unspecified atom stereocenters. The molecule has 0 aromatic heterocycles. The van der Waals surface area contributed by atoms with E-state index in [-0.39, 0.29) is 5.91 Å². The summed E-state index contributed by atoms with van der Waals surface area (Å²) in [6.45, 7) is 9.83. The van der Waals surface area contributed by atoms with Crippen LogP contribution in [0.5, 0.6) is 0 Å². The Labute approximate surface area is 157 Å². The highest BCUT2D eigenvalue weighted by Crippen LogP contribution is 2.38. The molecule has 7 heteroatoms. The van der Waals surface area contributed by atoms with Gasteiger partial charge in [-0.25, -0.2) is 0 Å². The van der Waals surface area contributed by atoms with Gasteiger partial charge in [0, 0.05) is 17.9 Å². The standard InChI is InChI=1S/C17H22BBrClNO3/c1-11(22)21-10-13(8-12-6-7-14(19)15(20)9-12)18-23-16(2,3)17(4,5)24-18/h6-9H,10H2,1-5H3,(H,21,22). The van der Waals surface area contributed by atoms with Crippen LogP contribution >= 0.6 is 27.5 Å². The molecular weight excluding hydrogens is 392 g/mol. The Hall–Kier alpha value is -0.815. The minimum Gasteiger partial charge on any atom is -0.400 e. The lowest BCUT2D eigenvalue weighted by atomic mass is 9.77. The summed E-state index contributed by atoms with van der Waals surface area (Å²) < 4.78 is 13.0. The van der Waals surface area contributed by atoms with Crippen LogP contribution in [0.1, 0.15) is 40.2 Å². The zero-order valence-corrected chi connectivity index (χ0v) is 16.9. The summed E-state index contributed by atoms with van der Waals surface area (Å²) in [6, 6.07) is 5.67. The van der Waals surface area contributed by atoms with E-state index in [1.807, 2.05) is 52.0 Å². The average Bonchev–Trinajstić information content (AvgIpc) is 2.67. The number of carbonyl (C=O) groups is 1. The van der Waals surface area contributed by atoms with Gasteiger partial charge in [-0.3, -0.25) is 4.79 Å². The van der Waals surface area contributed by atoms with Crippen LogP contribution in [0.15, 0.2) is 28.1 Å². The molecular formula is C17H22BBrClNO3. The molecule has 0 radical (unpaired) electrons.